The van der Waals surface area contributed by atoms with Crippen molar-refractivity contribution in [3.05, 3.63) is 42.1 Å². The first kappa shape index (κ1) is 23.5. The first-order valence-electron chi connectivity index (χ1n) is 11.4. The van der Waals surface area contributed by atoms with Crippen LogP contribution in [0, 0.1) is 12.8 Å². The summed E-state index contributed by atoms with van der Waals surface area (Å²) in [7, 11) is 0. The maximum atomic E-state index is 12.3. The molecule has 1 saturated heterocycles. The summed E-state index contributed by atoms with van der Waals surface area (Å²) in [5.41, 5.74) is 8.20. The van der Waals surface area contributed by atoms with Gasteiger partial charge in [-0.1, -0.05) is 0 Å². The number of aryl methyl sites for hydroxylation is 1. The molecule has 0 spiro atoms. The average molecular weight is 466 g/mol. The quantitative estimate of drug-likeness (QED) is 0.592. The topological polar surface area (TPSA) is 128 Å². The number of rotatable bonds is 5. The lowest BCUT2D eigenvalue weighted by atomic mass is 9.97. The Labute approximate surface area is 198 Å². The minimum Gasteiger partial charge on any atom is -0.444 e. The Morgan fingerprint density at radius 2 is 1.94 bits per heavy atom. The van der Waals surface area contributed by atoms with Crippen molar-refractivity contribution in [2.75, 3.05) is 25.0 Å². The molecule has 3 aromatic heterocycles. The zero-order valence-corrected chi connectivity index (χ0v) is 20.0. The molecule has 1 fully saturated rings. The number of primary amides is 1. The summed E-state index contributed by atoms with van der Waals surface area (Å²) in [5.74, 6) is 0.345. The van der Waals surface area contributed by atoms with Gasteiger partial charge in [0, 0.05) is 49.5 Å². The third-order valence-electron chi connectivity index (χ3n) is 5.71. The number of fused-ring (bicyclic) bond motifs is 1. The number of piperidine rings is 1. The number of nitrogens with zero attached hydrogens (tertiary/aromatic N) is 5. The minimum absolute atomic E-state index is 0.179. The molecule has 34 heavy (non-hydrogen) atoms. The van der Waals surface area contributed by atoms with Crippen molar-refractivity contribution in [1.82, 2.24) is 24.3 Å². The molecule has 10 nitrogen and oxygen atoms in total. The number of anilines is 1. The van der Waals surface area contributed by atoms with E-state index in [-0.39, 0.29) is 11.8 Å². The number of imidazole rings is 1. The second-order valence-electron chi connectivity index (χ2n) is 9.67. The number of carbonyl (C=O) groups excluding carboxylic acids is 2. The maximum absolute atomic E-state index is 12.3. The van der Waals surface area contributed by atoms with E-state index in [1.165, 1.54) is 0 Å². The first-order valence-corrected chi connectivity index (χ1v) is 11.4. The van der Waals surface area contributed by atoms with E-state index in [4.69, 9.17) is 15.5 Å². The Kier molecular flexibility index (Phi) is 6.41. The van der Waals surface area contributed by atoms with Crippen molar-refractivity contribution in [2.24, 2.45) is 11.7 Å². The van der Waals surface area contributed by atoms with Gasteiger partial charge in [0.2, 0.25) is 0 Å². The van der Waals surface area contributed by atoms with Crippen LogP contribution in [0.1, 0.15) is 49.8 Å². The van der Waals surface area contributed by atoms with Crippen LogP contribution in [0.25, 0.3) is 16.9 Å². The molecule has 0 aromatic carbocycles. The van der Waals surface area contributed by atoms with E-state index in [9.17, 15) is 9.59 Å². The van der Waals surface area contributed by atoms with E-state index in [1.54, 1.807) is 21.7 Å². The Morgan fingerprint density at radius 3 is 2.59 bits per heavy atom. The normalized spacial score (nSPS) is 14.9. The number of ether oxygens (including phenoxy) is 1. The predicted octanol–water partition coefficient (Wildman–Crippen LogP) is 3.26. The van der Waals surface area contributed by atoms with Gasteiger partial charge in [-0.25, -0.2) is 14.8 Å². The van der Waals surface area contributed by atoms with E-state index in [0.717, 1.165) is 29.8 Å². The SMILES string of the molecule is Cc1cc(-c2cn3cc(C(N)=O)nc3c(NCC3CCN(C(=O)OC(C)(C)C)CC3)n2)ccn1. The Balaban J connectivity index is 1.50. The number of nitrogens with two attached hydrogens (primary N) is 1. The van der Waals surface area contributed by atoms with Crippen LogP contribution in [0.15, 0.2) is 30.7 Å². The lowest BCUT2D eigenvalue weighted by Gasteiger charge is -2.33. The highest BCUT2D eigenvalue weighted by Gasteiger charge is 2.27. The van der Waals surface area contributed by atoms with Crippen molar-refractivity contribution >= 4 is 23.5 Å². The molecule has 4 rings (SSSR count). The number of hydrogen-bond acceptors (Lipinski definition) is 7. The minimum atomic E-state index is -0.592. The summed E-state index contributed by atoms with van der Waals surface area (Å²) in [6, 6.07) is 3.85. The lowest BCUT2D eigenvalue weighted by Crippen LogP contribution is -2.42. The van der Waals surface area contributed by atoms with Crippen molar-refractivity contribution in [3.63, 3.8) is 0 Å². The zero-order valence-electron chi connectivity index (χ0n) is 20.0. The smallest absolute Gasteiger partial charge is 0.410 e. The number of nitrogens with one attached hydrogen (secondary N) is 1. The van der Waals surface area contributed by atoms with Gasteiger partial charge in [0.05, 0.1) is 5.69 Å². The predicted molar refractivity (Wildman–Crippen MR) is 128 cm³/mol. The van der Waals surface area contributed by atoms with Crippen LogP contribution < -0.4 is 11.1 Å². The number of amides is 2. The van der Waals surface area contributed by atoms with Gasteiger partial charge in [-0.15, -0.1) is 0 Å². The van der Waals surface area contributed by atoms with Crippen LogP contribution in [0.5, 0.6) is 0 Å². The molecule has 3 aromatic rings. The number of likely N-dealkylation sites (tertiary alicyclic amines) is 1. The number of aromatic nitrogens is 4. The fraction of sp³-hybridized carbons (Fsp3) is 0.458. The average Bonchev–Trinajstić information content (AvgIpc) is 3.21. The molecule has 0 radical (unpaired) electrons. The van der Waals surface area contributed by atoms with E-state index >= 15 is 0 Å². The van der Waals surface area contributed by atoms with E-state index < -0.39 is 11.5 Å². The fourth-order valence-electron chi connectivity index (χ4n) is 3.97. The van der Waals surface area contributed by atoms with Gasteiger partial charge in [0.25, 0.3) is 5.91 Å². The molecule has 4 heterocycles. The molecule has 0 atom stereocenters. The Morgan fingerprint density at radius 1 is 1.21 bits per heavy atom. The van der Waals surface area contributed by atoms with Crippen LogP contribution in [-0.2, 0) is 4.74 Å². The van der Waals surface area contributed by atoms with E-state index in [0.29, 0.717) is 37.0 Å². The standard InChI is InChI=1S/C24H31N7O3/c1-15-11-17(5-8-26-15)18-13-31-14-19(20(25)32)29-22(31)21(28-18)27-12-16-6-9-30(10-7-16)23(33)34-24(2,3)4/h5,8,11,13-14,16H,6-7,9-10,12H2,1-4H3,(H2,25,32)(H,27,28). The molecule has 180 valence electrons. The van der Waals surface area contributed by atoms with Crippen LogP contribution in [0.2, 0.25) is 0 Å². The van der Waals surface area contributed by atoms with Gasteiger partial charge in [-0.2, -0.15) is 0 Å². The van der Waals surface area contributed by atoms with Crippen LogP contribution in [0.3, 0.4) is 0 Å². The monoisotopic (exact) mass is 465 g/mol. The molecule has 0 aliphatic carbocycles. The molecule has 0 bridgehead atoms. The Bertz CT molecular complexity index is 1210. The second kappa shape index (κ2) is 9.28. The highest BCUT2D eigenvalue weighted by Crippen LogP contribution is 2.25. The molecule has 0 saturated carbocycles. The van der Waals surface area contributed by atoms with Gasteiger partial charge >= 0.3 is 6.09 Å². The summed E-state index contributed by atoms with van der Waals surface area (Å²) >= 11 is 0. The third kappa shape index (κ3) is 5.44. The highest BCUT2D eigenvalue weighted by molar-refractivity contribution is 5.92. The van der Waals surface area contributed by atoms with Gasteiger partial charge in [-0.05, 0) is 58.6 Å². The van der Waals surface area contributed by atoms with Gasteiger partial charge in [0.15, 0.2) is 11.5 Å². The summed E-state index contributed by atoms with van der Waals surface area (Å²) in [6.45, 7) is 9.50. The molecule has 3 N–H and O–H groups in total. The van der Waals surface area contributed by atoms with Crippen molar-refractivity contribution < 1.29 is 14.3 Å². The van der Waals surface area contributed by atoms with Gasteiger partial charge in [0.1, 0.15) is 11.3 Å². The molecule has 0 unspecified atom stereocenters. The number of carbonyl (C=O) groups is 2. The summed E-state index contributed by atoms with van der Waals surface area (Å²) in [5, 5.41) is 3.42. The molecule has 1 aliphatic rings. The summed E-state index contributed by atoms with van der Waals surface area (Å²) < 4.78 is 7.25. The molecular weight excluding hydrogens is 434 g/mol. The number of pyridine rings is 1. The van der Waals surface area contributed by atoms with Gasteiger partial charge in [-0.3, -0.25) is 9.78 Å². The molecular formula is C24H31N7O3. The summed E-state index contributed by atoms with van der Waals surface area (Å²) in [6.07, 6.45) is 6.62. The summed E-state index contributed by atoms with van der Waals surface area (Å²) in [4.78, 5) is 39.2. The van der Waals surface area contributed by atoms with Crippen molar-refractivity contribution in [2.45, 2.75) is 46.1 Å². The van der Waals surface area contributed by atoms with Crippen LogP contribution >= 0.6 is 0 Å². The van der Waals surface area contributed by atoms with Crippen molar-refractivity contribution in [1.29, 1.82) is 0 Å². The van der Waals surface area contributed by atoms with E-state index in [2.05, 4.69) is 15.3 Å². The van der Waals surface area contributed by atoms with Crippen molar-refractivity contribution in [3.8, 4) is 11.3 Å². The van der Waals surface area contributed by atoms with Gasteiger partial charge < -0.3 is 25.1 Å². The fourth-order valence-corrected chi connectivity index (χ4v) is 3.97. The van der Waals surface area contributed by atoms with Crippen LogP contribution in [0.4, 0.5) is 10.6 Å². The molecule has 2 amide bonds. The zero-order chi connectivity index (χ0) is 24.5. The Hall–Kier alpha value is -3.69. The molecule has 10 heteroatoms. The third-order valence-corrected chi connectivity index (χ3v) is 5.71. The maximum Gasteiger partial charge on any atom is 0.410 e. The first-order chi connectivity index (χ1) is 16.1. The highest BCUT2D eigenvalue weighted by atomic mass is 16.6. The number of hydrogen-bond donors (Lipinski definition) is 2. The molecule has 1 aliphatic heterocycles. The lowest BCUT2D eigenvalue weighted by molar-refractivity contribution is 0.0188. The van der Waals surface area contributed by atoms with E-state index in [1.807, 2.05) is 46.0 Å². The van der Waals surface area contributed by atoms with Crippen LogP contribution in [-0.4, -0.2) is 61.5 Å². The second-order valence-corrected chi connectivity index (χ2v) is 9.67. The largest absolute Gasteiger partial charge is 0.444 e.